The van der Waals surface area contributed by atoms with Crippen LogP contribution in [0, 0.1) is 24.0 Å². The second kappa shape index (κ2) is 12.1. The Bertz CT molecular complexity index is 1350. The maximum absolute atomic E-state index is 11.4. The molecule has 2 heterocycles. The highest BCUT2D eigenvalue weighted by molar-refractivity contribution is 9.10. The fraction of sp³-hybridized carbons (Fsp3) is 0.429. The van der Waals surface area contributed by atoms with Gasteiger partial charge in [-0.15, -0.1) is 0 Å². The summed E-state index contributed by atoms with van der Waals surface area (Å²) in [7, 11) is -2.40. The molecule has 3 aromatic rings. The summed E-state index contributed by atoms with van der Waals surface area (Å²) in [5.41, 5.74) is 4.38. The molecule has 0 spiro atoms. The first-order valence-electron chi connectivity index (χ1n) is 12.8. The van der Waals surface area contributed by atoms with E-state index in [0.29, 0.717) is 4.47 Å². The van der Waals surface area contributed by atoms with Gasteiger partial charge in [0.05, 0.1) is 17.8 Å². The van der Waals surface area contributed by atoms with Crippen LogP contribution in [0.25, 0.3) is 5.69 Å². The van der Waals surface area contributed by atoms with Crippen molar-refractivity contribution in [1.29, 1.82) is 0 Å². The summed E-state index contributed by atoms with van der Waals surface area (Å²) < 4.78 is 11.2. The Labute approximate surface area is 241 Å². The molecule has 2 aromatic carbocycles. The summed E-state index contributed by atoms with van der Waals surface area (Å²) in [5, 5.41) is 12.5. The highest BCUT2D eigenvalue weighted by Crippen LogP contribution is 2.65. The molecule has 0 radical (unpaired) electrons. The molecule has 1 saturated heterocycles. The van der Waals surface area contributed by atoms with Crippen molar-refractivity contribution < 1.29 is 17.3 Å². The second-order valence-electron chi connectivity index (χ2n) is 10.6. The molecule has 10 heteroatoms. The lowest BCUT2D eigenvalue weighted by Crippen LogP contribution is -3.00. The fourth-order valence-corrected chi connectivity index (χ4v) is 10.7. The number of non-ortho nitro benzene ring substituents is 1. The van der Waals surface area contributed by atoms with Crippen molar-refractivity contribution in [2.45, 2.75) is 46.7 Å². The van der Waals surface area contributed by atoms with Crippen LogP contribution in [0.2, 0.25) is 0 Å². The zero-order valence-electron chi connectivity index (χ0n) is 23.0. The molecule has 1 unspecified atom stereocenters. The van der Waals surface area contributed by atoms with E-state index < -0.39 is 7.21 Å². The Kier molecular flexibility index (Phi) is 9.70. The van der Waals surface area contributed by atoms with Gasteiger partial charge in [0.25, 0.3) is 5.69 Å². The van der Waals surface area contributed by atoms with Gasteiger partial charge in [-0.25, -0.2) is 4.74 Å². The second-order valence-corrected chi connectivity index (χ2v) is 15.2. The fourth-order valence-electron chi connectivity index (χ4n) is 5.43. The van der Waals surface area contributed by atoms with Gasteiger partial charge in [0.15, 0.2) is 0 Å². The van der Waals surface area contributed by atoms with Crippen LogP contribution in [-0.2, 0) is 0 Å². The number of hydrogen-bond acceptors (Lipinski definition) is 4. The van der Waals surface area contributed by atoms with Crippen molar-refractivity contribution in [1.82, 2.24) is 14.1 Å². The predicted molar refractivity (Wildman–Crippen MR) is 158 cm³/mol. The third-order valence-corrected chi connectivity index (χ3v) is 12.8. The van der Waals surface area contributed by atoms with Crippen LogP contribution >= 0.6 is 23.1 Å². The molecular weight excluding hydrogens is 585 g/mol. The van der Waals surface area contributed by atoms with Crippen molar-refractivity contribution in [3.8, 4) is 5.69 Å². The van der Waals surface area contributed by atoms with Crippen molar-refractivity contribution in [3.05, 3.63) is 80.6 Å². The van der Waals surface area contributed by atoms with E-state index in [-0.39, 0.29) is 28.2 Å². The third-order valence-electron chi connectivity index (χ3n) is 7.28. The number of aromatic nitrogens is 1. The first-order chi connectivity index (χ1) is 17.5. The van der Waals surface area contributed by atoms with Crippen molar-refractivity contribution >= 4 is 39.8 Å². The quantitative estimate of drug-likeness (QED) is 0.234. The van der Waals surface area contributed by atoms with Crippen molar-refractivity contribution in [3.63, 3.8) is 0 Å². The highest BCUT2D eigenvalue weighted by Gasteiger charge is 2.45. The standard InChI is InChI=1S/C28H37BrN5O2P.ClH/c1-7-31-15-17-32(18-16-31)37(28(4,5)6,30-26-14-13-24(34(35)36)19-25(26)29)27-21(2)20-33(22(27)3)23-11-9-8-10-12-23;/h8-14,19-20H,7,15-18H2,1-6H3;1H/p-1. The Morgan fingerprint density at radius 1 is 1.05 bits per heavy atom. The van der Waals surface area contributed by atoms with E-state index >= 15 is 0 Å². The molecular formula is C28H37BrClN5O2P-. The summed E-state index contributed by atoms with van der Waals surface area (Å²) in [4.78, 5) is 13.5. The summed E-state index contributed by atoms with van der Waals surface area (Å²) in [6.45, 7) is 18.4. The van der Waals surface area contributed by atoms with Crippen LogP contribution in [0.3, 0.4) is 0 Å². The number of likely N-dealkylation sites (N-methyl/N-ethyl adjacent to an activating group) is 1. The Morgan fingerprint density at radius 2 is 1.68 bits per heavy atom. The topological polar surface area (TPSA) is 66.9 Å². The van der Waals surface area contributed by atoms with Crippen LogP contribution in [0.5, 0.6) is 0 Å². The van der Waals surface area contributed by atoms with Gasteiger partial charge in [-0.1, -0.05) is 45.9 Å². The molecule has 1 aromatic heterocycles. The molecule has 38 heavy (non-hydrogen) atoms. The monoisotopic (exact) mass is 620 g/mol. The lowest BCUT2D eigenvalue weighted by Gasteiger charge is -2.49. The smallest absolute Gasteiger partial charge is 0.270 e. The lowest BCUT2D eigenvalue weighted by molar-refractivity contribution is -0.384. The van der Waals surface area contributed by atoms with Gasteiger partial charge in [0.1, 0.15) is 0 Å². The van der Waals surface area contributed by atoms with Crippen LogP contribution in [0.4, 0.5) is 11.4 Å². The maximum Gasteiger partial charge on any atom is 0.270 e. The van der Waals surface area contributed by atoms with Gasteiger partial charge >= 0.3 is 0 Å². The average molecular weight is 622 g/mol. The minimum Gasteiger partial charge on any atom is -1.00 e. The number of para-hydroxylation sites is 1. The number of nitro benzene ring substituents is 1. The summed E-state index contributed by atoms with van der Waals surface area (Å²) >= 11 is 3.62. The zero-order chi connectivity index (χ0) is 27.0. The Morgan fingerprint density at radius 3 is 2.21 bits per heavy atom. The minimum absolute atomic E-state index is 0. The first kappa shape index (κ1) is 30.6. The average Bonchev–Trinajstić information content (AvgIpc) is 3.17. The largest absolute Gasteiger partial charge is 1.00 e. The number of nitrogens with zero attached hydrogens (tertiary/aromatic N) is 5. The van der Waals surface area contributed by atoms with Gasteiger partial charge in [-0.2, -0.15) is 0 Å². The molecule has 4 rings (SSSR count). The van der Waals surface area contributed by atoms with Crippen molar-refractivity contribution in [2.75, 3.05) is 32.7 Å². The number of piperazine rings is 1. The number of nitro groups is 1. The van der Waals surface area contributed by atoms with E-state index in [0.717, 1.165) is 44.1 Å². The van der Waals surface area contributed by atoms with E-state index in [4.69, 9.17) is 4.74 Å². The molecule has 1 aliphatic rings. The van der Waals surface area contributed by atoms with Gasteiger partial charge in [0.2, 0.25) is 0 Å². The van der Waals surface area contributed by atoms with E-state index in [1.54, 1.807) is 18.2 Å². The van der Waals surface area contributed by atoms with E-state index in [9.17, 15) is 10.1 Å². The molecule has 0 bridgehead atoms. The molecule has 7 nitrogen and oxygen atoms in total. The van der Waals surface area contributed by atoms with E-state index in [1.807, 2.05) is 6.07 Å². The highest BCUT2D eigenvalue weighted by atomic mass is 79.9. The van der Waals surface area contributed by atoms with Gasteiger partial charge in [0, 0.05) is 70.8 Å². The SMILES string of the molecule is CCN1CCN(P(=Nc2ccc([N+](=O)[O-])cc2Br)(c2c(C)cn(-c3ccccc3)c2C)C(C)(C)C)CC1.[Cl-]. The van der Waals surface area contributed by atoms with Gasteiger partial charge in [-0.05, 0) is 60.1 Å². The predicted octanol–water partition coefficient (Wildman–Crippen LogP) is 4.28. The number of halogens is 2. The van der Waals surface area contributed by atoms with Gasteiger partial charge < -0.3 is 21.9 Å². The van der Waals surface area contributed by atoms with Crippen LogP contribution in [0.1, 0.15) is 39.0 Å². The van der Waals surface area contributed by atoms with E-state index in [2.05, 4.69) is 102 Å². The molecule has 0 aliphatic carbocycles. The minimum atomic E-state index is -2.40. The van der Waals surface area contributed by atoms with Crippen LogP contribution < -0.4 is 17.7 Å². The third kappa shape index (κ3) is 5.66. The molecule has 0 amide bonds. The first-order valence-corrected chi connectivity index (χ1v) is 15.3. The normalized spacial score (nSPS) is 16.5. The van der Waals surface area contributed by atoms with Crippen LogP contribution in [0.15, 0.2) is 63.9 Å². The molecule has 1 aliphatic heterocycles. The zero-order valence-corrected chi connectivity index (χ0v) is 26.2. The molecule has 206 valence electrons. The van der Waals surface area contributed by atoms with E-state index in [1.165, 1.54) is 16.6 Å². The lowest BCUT2D eigenvalue weighted by atomic mass is 10.2. The molecule has 0 N–H and O–H groups in total. The molecule has 0 saturated carbocycles. The number of aryl methyl sites for hydroxylation is 1. The van der Waals surface area contributed by atoms with Crippen LogP contribution in [-0.4, -0.2) is 56.9 Å². The van der Waals surface area contributed by atoms with Crippen molar-refractivity contribution in [2.24, 2.45) is 4.74 Å². The Hall–Kier alpha value is -1.96. The number of hydrogen-bond donors (Lipinski definition) is 0. The summed E-state index contributed by atoms with van der Waals surface area (Å²) in [5.74, 6) is 0. The summed E-state index contributed by atoms with van der Waals surface area (Å²) in [6.07, 6.45) is 2.24. The van der Waals surface area contributed by atoms with Gasteiger partial charge in [-0.3, -0.25) is 14.8 Å². The molecule has 1 fully saturated rings. The Balaban J connectivity index is 0.00000400. The number of benzene rings is 2. The summed E-state index contributed by atoms with van der Waals surface area (Å²) in [6, 6.07) is 15.4. The molecule has 1 atom stereocenters. The maximum atomic E-state index is 11.4. The number of rotatable bonds is 6.